The number of H-pyrrole nitrogens is 1. The Labute approximate surface area is 153 Å². The Balaban J connectivity index is 1.49. The fourth-order valence-electron chi connectivity index (χ4n) is 3.02. The molecule has 1 aromatic heterocycles. The monoisotopic (exact) mass is 349 g/mol. The van der Waals surface area contributed by atoms with Crippen molar-refractivity contribution >= 4 is 22.7 Å². The van der Waals surface area contributed by atoms with Gasteiger partial charge in [-0.25, -0.2) is 0 Å². The van der Waals surface area contributed by atoms with Gasteiger partial charge in [0.1, 0.15) is 0 Å². The molecule has 2 aromatic carbocycles. The third kappa shape index (κ3) is 4.20. The Morgan fingerprint density at radius 2 is 1.81 bits per heavy atom. The molecule has 1 N–H and O–H groups in total. The molecule has 0 saturated heterocycles. The number of fused-ring (bicyclic) bond motifs is 1. The molecule has 0 aliphatic rings. The number of para-hydroxylation sites is 1. The molecule has 4 heteroatoms. The number of rotatable bonds is 7. The van der Waals surface area contributed by atoms with Crippen LogP contribution in [0.15, 0.2) is 54.7 Å². The highest BCUT2D eigenvalue weighted by Gasteiger charge is 2.19. The summed E-state index contributed by atoms with van der Waals surface area (Å²) in [7, 11) is 0. The van der Waals surface area contributed by atoms with Gasteiger partial charge < -0.3 is 9.72 Å². The fourth-order valence-corrected chi connectivity index (χ4v) is 3.02. The van der Waals surface area contributed by atoms with Gasteiger partial charge >= 0.3 is 5.97 Å². The molecule has 1 heterocycles. The van der Waals surface area contributed by atoms with E-state index in [2.05, 4.69) is 11.1 Å². The van der Waals surface area contributed by atoms with E-state index in [1.54, 1.807) is 19.1 Å². The first-order valence-electron chi connectivity index (χ1n) is 8.90. The predicted molar refractivity (Wildman–Crippen MR) is 102 cm³/mol. The SMILES string of the molecule is Cc1ccc(C(=O)[C@H](C)OC(=O)CCCc2c[nH]c3ccccc23)cc1. The Morgan fingerprint density at radius 3 is 2.58 bits per heavy atom. The van der Waals surface area contributed by atoms with Crippen LogP contribution in [0.2, 0.25) is 0 Å². The van der Waals surface area contributed by atoms with Crippen LogP contribution in [0.5, 0.6) is 0 Å². The first-order valence-corrected chi connectivity index (χ1v) is 8.90. The number of ketones is 1. The Hall–Kier alpha value is -2.88. The van der Waals surface area contributed by atoms with E-state index in [0.29, 0.717) is 18.4 Å². The van der Waals surface area contributed by atoms with Gasteiger partial charge in [-0.1, -0.05) is 48.0 Å². The first kappa shape index (κ1) is 17.9. The van der Waals surface area contributed by atoms with Crippen molar-refractivity contribution in [3.05, 3.63) is 71.4 Å². The highest BCUT2D eigenvalue weighted by atomic mass is 16.5. The van der Waals surface area contributed by atoms with E-state index in [-0.39, 0.29) is 11.8 Å². The van der Waals surface area contributed by atoms with Gasteiger partial charge in [0.25, 0.3) is 0 Å². The number of aromatic amines is 1. The molecule has 4 nitrogen and oxygen atoms in total. The molecule has 0 amide bonds. The van der Waals surface area contributed by atoms with E-state index in [1.165, 1.54) is 10.9 Å². The summed E-state index contributed by atoms with van der Waals surface area (Å²) >= 11 is 0. The third-order valence-electron chi connectivity index (χ3n) is 4.52. The molecule has 0 aliphatic carbocycles. The van der Waals surface area contributed by atoms with Gasteiger partial charge in [0, 0.05) is 29.1 Å². The van der Waals surface area contributed by atoms with Crippen LogP contribution >= 0.6 is 0 Å². The maximum Gasteiger partial charge on any atom is 0.306 e. The lowest BCUT2D eigenvalue weighted by Gasteiger charge is -2.12. The summed E-state index contributed by atoms with van der Waals surface area (Å²) in [6, 6.07) is 15.4. The number of Topliss-reactive ketones (excluding diaryl/α,β-unsaturated/α-hetero) is 1. The summed E-state index contributed by atoms with van der Waals surface area (Å²) in [4.78, 5) is 27.6. The van der Waals surface area contributed by atoms with Crippen LogP contribution in [0.1, 0.15) is 41.3 Å². The highest BCUT2D eigenvalue weighted by Crippen LogP contribution is 2.19. The smallest absolute Gasteiger partial charge is 0.306 e. The minimum atomic E-state index is -0.765. The van der Waals surface area contributed by atoms with Gasteiger partial charge in [-0.15, -0.1) is 0 Å². The number of hydrogen-bond acceptors (Lipinski definition) is 3. The van der Waals surface area contributed by atoms with E-state index in [9.17, 15) is 9.59 Å². The number of aromatic nitrogens is 1. The third-order valence-corrected chi connectivity index (χ3v) is 4.52. The van der Waals surface area contributed by atoms with Crippen LogP contribution in [-0.2, 0) is 16.0 Å². The average molecular weight is 349 g/mol. The molecule has 0 unspecified atom stereocenters. The molecule has 3 rings (SSSR count). The molecular weight excluding hydrogens is 326 g/mol. The number of aryl methyl sites for hydroxylation is 2. The zero-order chi connectivity index (χ0) is 18.5. The van der Waals surface area contributed by atoms with Crippen LogP contribution < -0.4 is 0 Å². The summed E-state index contributed by atoms with van der Waals surface area (Å²) in [5.74, 6) is -0.507. The summed E-state index contributed by atoms with van der Waals surface area (Å²) < 4.78 is 5.31. The molecule has 3 aromatic rings. The summed E-state index contributed by atoms with van der Waals surface area (Å²) in [5, 5.41) is 1.18. The number of nitrogens with one attached hydrogen (secondary N) is 1. The predicted octanol–water partition coefficient (Wildman–Crippen LogP) is 4.61. The van der Waals surface area contributed by atoms with Crippen LogP contribution in [-0.4, -0.2) is 22.8 Å². The molecule has 0 saturated carbocycles. The van der Waals surface area contributed by atoms with Crippen molar-refractivity contribution < 1.29 is 14.3 Å². The van der Waals surface area contributed by atoms with Crippen LogP contribution in [0, 0.1) is 6.92 Å². The maximum absolute atomic E-state index is 12.3. The van der Waals surface area contributed by atoms with E-state index < -0.39 is 6.10 Å². The molecule has 0 radical (unpaired) electrons. The van der Waals surface area contributed by atoms with Crippen molar-refractivity contribution in [3.63, 3.8) is 0 Å². The van der Waals surface area contributed by atoms with E-state index >= 15 is 0 Å². The van der Waals surface area contributed by atoms with E-state index in [1.807, 2.05) is 43.5 Å². The standard InChI is InChI=1S/C22H23NO3/c1-15-10-12-17(13-11-15)22(25)16(2)26-21(24)9-5-6-18-14-23-20-8-4-3-7-19(18)20/h3-4,7-8,10-14,16,23H,5-6,9H2,1-2H3/t16-/m0/s1. The second-order valence-corrected chi connectivity index (χ2v) is 6.58. The largest absolute Gasteiger partial charge is 0.454 e. The molecule has 134 valence electrons. The molecule has 26 heavy (non-hydrogen) atoms. The Bertz CT molecular complexity index is 909. The van der Waals surface area contributed by atoms with Gasteiger partial charge in [0.15, 0.2) is 6.10 Å². The quantitative estimate of drug-likeness (QED) is 0.500. The van der Waals surface area contributed by atoms with Crippen LogP contribution in [0.3, 0.4) is 0 Å². The zero-order valence-electron chi connectivity index (χ0n) is 15.1. The summed E-state index contributed by atoms with van der Waals surface area (Å²) in [6.07, 6.45) is 2.99. The number of ether oxygens (including phenoxy) is 1. The number of benzene rings is 2. The number of esters is 1. The highest BCUT2D eigenvalue weighted by molar-refractivity contribution is 6.00. The van der Waals surface area contributed by atoms with Crippen molar-refractivity contribution in [1.29, 1.82) is 0 Å². The minimum Gasteiger partial charge on any atom is -0.454 e. The first-order chi connectivity index (χ1) is 12.5. The summed E-state index contributed by atoms with van der Waals surface area (Å²) in [6.45, 7) is 3.59. The van der Waals surface area contributed by atoms with Crippen molar-refractivity contribution in [2.75, 3.05) is 0 Å². The molecule has 1 atom stereocenters. The van der Waals surface area contributed by atoms with Crippen molar-refractivity contribution in [2.24, 2.45) is 0 Å². The normalized spacial score (nSPS) is 12.1. The molecule has 0 fully saturated rings. The number of carbonyl (C=O) groups excluding carboxylic acids is 2. The molecule has 0 aliphatic heterocycles. The van der Waals surface area contributed by atoms with E-state index in [0.717, 1.165) is 17.5 Å². The lowest BCUT2D eigenvalue weighted by Crippen LogP contribution is -2.24. The number of carbonyl (C=O) groups is 2. The van der Waals surface area contributed by atoms with Crippen LogP contribution in [0.25, 0.3) is 10.9 Å². The molecular formula is C22H23NO3. The molecule has 0 bridgehead atoms. The fraction of sp³-hybridized carbons (Fsp3) is 0.273. The van der Waals surface area contributed by atoms with Gasteiger partial charge in [-0.3, -0.25) is 9.59 Å². The lowest BCUT2D eigenvalue weighted by molar-refractivity contribution is -0.146. The van der Waals surface area contributed by atoms with Crippen LogP contribution in [0.4, 0.5) is 0 Å². The minimum absolute atomic E-state index is 0.171. The van der Waals surface area contributed by atoms with Gasteiger partial charge in [0.2, 0.25) is 5.78 Å². The van der Waals surface area contributed by atoms with Crippen molar-refractivity contribution in [1.82, 2.24) is 4.98 Å². The zero-order valence-corrected chi connectivity index (χ0v) is 15.1. The second kappa shape index (κ2) is 8.00. The number of hydrogen-bond donors (Lipinski definition) is 1. The van der Waals surface area contributed by atoms with Gasteiger partial charge in [-0.05, 0) is 38.3 Å². The van der Waals surface area contributed by atoms with E-state index in [4.69, 9.17) is 4.74 Å². The molecule has 0 spiro atoms. The Morgan fingerprint density at radius 1 is 1.08 bits per heavy atom. The average Bonchev–Trinajstić information content (AvgIpc) is 3.05. The lowest BCUT2D eigenvalue weighted by atomic mass is 10.1. The maximum atomic E-state index is 12.3. The van der Waals surface area contributed by atoms with Gasteiger partial charge in [0.05, 0.1) is 0 Å². The van der Waals surface area contributed by atoms with Gasteiger partial charge in [-0.2, -0.15) is 0 Å². The Kier molecular flexibility index (Phi) is 5.52. The van der Waals surface area contributed by atoms with Crippen molar-refractivity contribution in [3.8, 4) is 0 Å². The second-order valence-electron chi connectivity index (χ2n) is 6.58. The van der Waals surface area contributed by atoms with Crippen molar-refractivity contribution in [2.45, 2.75) is 39.2 Å². The topological polar surface area (TPSA) is 59.2 Å². The summed E-state index contributed by atoms with van der Waals surface area (Å²) in [5.41, 5.74) is 3.94.